The van der Waals surface area contributed by atoms with E-state index in [1.165, 1.54) is 12.8 Å². The molecule has 0 spiro atoms. The van der Waals surface area contributed by atoms with Crippen LogP contribution in [0.5, 0.6) is 0 Å². The van der Waals surface area contributed by atoms with Crippen molar-refractivity contribution < 1.29 is 9.90 Å². The van der Waals surface area contributed by atoms with Gasteiger partial charge < -0.3 is 15.7 Å². The second-order valence-electron chi connectivity index (χ2n) is 6.23. The molecule has 0 aromatic rings. The van der Waals surface area contributed by atoms with Crippen molar-refractivity contribution in [2.24, 2.45) is 11.8 Å². The van der Waals surface area contributed by atoms with Crippen molar-refractivity contribution in [3.05, 3.63) is 0 Å². The van der Waals surface area contributed by atoms with E-state index in [9.17, 15) is 9.90 Å². The summed E-state index contributed by atoms with van der Waals surface area (Å²) in [7, 11) is 0. The zero-order chi connectivity index (χ0) is 13.1. The van der Waals surface area contributed by atoms with E-state index in [2.05, 4.69) is 24.5 Å². The number of carbonyl (C=O) groups excluding carboxylic acids is 1. The first-order valence-electron chi connectivity index (χ1n) is 7.28. The van der Waals surface area contributed by atoms with Crippen LogP contribution in [-0.4, -0.2) is 35.7 Å². The monoisotopic (exact) mass is 254 g/mol. The molecule has 1 saturated carbocycles. The van der Waals surface area contributed by atoms with Gasteiger partial charge in [-0.1, -0.05) is 26.7 Å². The quantitative estimate of drug-likeness (QED) is 0.705. The summed E-state index contributed by atoms with van der Waals surface area (Å²) in [6.45, 7) is 5.07. The van der Waals surface area contributed by atoms with Gasteiger partial charge in [0.1, 0.15) is 0 Å². The lowest BCUT2D eigenvalue weighted by molar-refractivity contribution is -0.124. The van der Waals surface area contributed by atoms with E-state index in [0.29, 0.717) is 24.9 Å². The van der Waals surface area contributed by atoms with Crippen LogP contribution in [0.15, 0.2) is 0 Å². The number of hydrogen-bond donors (Lipinski definition) is 3. The van der Waals surface area contributed by atoms with E-state index in [0.717, 1.165) is 18.8 Å². The van der Waals surface area contributed by atoms with E-state index >= 15 is 0 Å². The Labute approximate surface area is 110 Å². The number of carbonyl (C=O) groups is 1. The molecule has 0 aromatic heterocycles. The van der Waals surface area contributed by atoms with Gasteiger partial charge in [-0.05, 0) is 31.1 Å². The molecule has 1 heterocycles. The highest BCUT2D eigenvalue weighted by Gasteiger charge is 2.31. The Morgan fingerprint density at radius 1 is 1.33 bits per heavy atom. The lowest BCUT2D eigenvalue weighted by Gasteiger charge is -2.32. The fraction of sp³-hybridized carbons (Fsp3) is 0.929. The topological polar surface area (TPSA) is 61.4 Å². The zero-order valence-corrected chi connectivity index (χ0v) is 11.5. The summed E-state index contributed by atoms with van der Waals surface area (Å²) < 4.78 is 0. The third-order valence-corrected chi connectivity index (χ3v) is 4.43. The first-order chi connectivity index (χ1) is 8.56. The van der Waals surface area contributed by atoms with E-state index in [4.69, 9.17) is 0 Å². The van der Waals surface area contributed by atoms with Crippen LogP contribution in [-0.2, 0) is 4.79 Å². The van der Waals surface area contributed by atoms with Crippen LogP contribution < -0.4 is 10.6 Å². The normalized spacial score (nSPS) is 36.9. The summed E-state index contributed by atoms with van der Waals surface area (Å²) in [5, 5.41) is 15.6. The second kappa shape index (κ2) is 6.02. The van der Waals surface area contributed by atoms with Crippen LogP contribution in [0.4, 0.5) is 0 Å². The third-order valence-electron chi connectivity index (χ3n) is 4.43. The predicted molar refractivity (Wildman–Crippen MR) is 71.1 cm³/mol. The standard InChI is InChI=1S/C14H26N2O2/c1-9(2)10-4-3-5-11(6-10)16-14(18)13-7-12(17)8-15-13/h9-13,15,17H,3-8H2,1-2H3,(H,16,18). The molecule has 3 N–H and O–H groups in total. The molecule has 0 bridgehead atoms. The fourth-order valence-electron chi connectivity index (χ4n) is 3.18. The minimum atomic E-state index is -0.365. The number of rotatable bonds is 3. The molecule has 0 aromatic carbocycles. The summed E-state index contributed by atoms with van der Waals surface area (Å²) in [5.74, 6) is 1.52. The van der Waals surface area contributed by atoms with Gasteiger partial charge in [-0.25, -0.2) is 0 Å². The van der Waals surface area contributed by atoms with Crippen molar-refractivity contribution in [2.45, 2.75) is 64.1 Å². The Morgan fingerprint density at radius 2 is 2.11 bits per heavy atom. The van der Waals surface area contributed by atoms with Crippen molar-refractivity contribution in [3.8, 4) is 0 Å². The molecule has 1 aliphatic carbocycles. The van der Waals surface area contributed by atoms with E-state index < -0.39 is 0 Å². The van der Waals surface area contributed by atoms with Gasteiger partial charge in [-0.15, -0.1) is 0 Å². The Morgan fingerprint density at radius 3 is 2.72 bits per heavy atom. The van der Waals surface area contributed by atoms with Crippen LogP contribution >= 0.6 is 0 Å². The van der Waals surface area contributed by atoms with Gasteiger partial charge in [0.05, 0.1) is 12.1 Å². The van der Waals surface area contributed by atoms with Crippen molar-refractivity contribution >= 4 is 5.91 Å². The average Bonchev–Trinajstić information content (AvgIpc) is 2.76. The Bertz CT molecular complexity index is 294. The SMILES string of the molecule is CC(C)C1CCCC(NC(=O)C2CC(O)CN2)C1. The van der Waals surface area contributed by atoms with E-state index in [-0.39, 0.29) is 18.1 Å². The van der Waals surface area contributed by atoms with Crippen molar-refractivity contribution in [1.29, 1.82) is 0 Å². The number of amides is 1. The predicted octanol–water partition coefficient (Wildman–Crippen LogP) is 1.04. The van der Waals surface area contributed by atoms with Crippen LogP contribution in [0.2, 0.25) is 0 Å². The van der Waals surface area contributed by atoms with Gasteiger partial charge >= 0.3 is 0 Å². The van der Waals surface area contributed by atoms with Crippen molar-refractivity contribution in [1.82, 2.24) is 10.6 Å². The first kappa shape index (κ1) is 13.8. The Kier molecular flexibility index (Phi) is 4.62. The second-order valence-corrected chi connectivity index (χ2v) is 6.23. The van der Waals surface area contributed by atoms with Gasteiger partial charge in [0.15, 0.2) is 0 Å². The number of aliphatic hydroxyl groups excluding tert-OH is 1. The highest BCUT2D eigenvalue weighted by Crippen LogP contribution is 2.30. The first-order valence-corrected chi connectivity index (χ1v) is 7.28. The molecule has 1 amide bonds. The summed E-state index contributed by atoms with van der Waals surface area (Å²) in [4.78, 5) is 12.1. The molecule has 4 nitrogen and oxygen atoms in total. The van der Waals surface area contributed by atoms with Crippen LogP contribution in [0, 0.1) is 11.8 Å². The molecule has 4 unspecified atom stereocenters. The maximum Gasteiger partial charge on any atom is 0.237 e. The molecular formula is C14H26N2O2. The molecule has 2 rings (SSSR count). The molecule has 1 saturated heterocycles. The lowest BCUT2D eigenvalue weighted by atomic mass is 9.79. The minimum Gasteiger partial charge on any atom is -0.392 e. The highest BCUT2D eigenvalue weighted by atomic mass is 16.3. The highest BCUT2D eigenvalue weighted by molar-refractivity contribution is 5.82. The molecule has 18 heavy (non-hydrogen) atoms. The maximum atomic E-state index is 12.1. The number of aliphatic hydroxyl groups is 1. The number of β-amino-alcohol motifs (C(OH)–C–C–N with tert-alkyl or cyclic N) is 1. The summed E-state index contributed by atoms with van der Waals surface area (Å²) >= 11 is 0. The van der Waals surface area contributed by atoms with E-state index in [1.54, 1.807) is 0 Å². The molecule has 104 valence electrons. The molecule has 4 heteroatoms. The molecule has 1 aliphatic heterocycles. The molecule has 0 radical (unpaired) electrons. The third kappa shape index (κ3) is 3.45. The smallest absolute Gasteiger partial charge is 0.237 e. The molecular weight excluding hydrogens is 228 g/mol. The maximum absolute atomic E-state index is 12.1. The Balaban J connectivity index is 1.80. The fourth-order valence-corrected chi connectivity index (χ4v) is 3.18. The molecule has 2 fully saturated rings. The van der Waals surface area contributed by atoms with Crippen molar-refractivity contribution in [2.75, 3.05) is 6.54 Å². The Hall–Kier alpha value is -0.610. The van der Waals surface area contributed by atoms with E-state index in [1.807, 2.05) is 0 Å². The van der Waals surface area contributed by atoms with Gasteiger partial charge in [0.25, 0.3) is 0 Å². The zero-order valence-electron chi connectivity index (χ0n) is 11.5. The average molecular weight is 254 g/mol. The van der Waals surface area contributed by atoms with Gasteiger partial charge in [-0.2, -0.15) is 0 Å². The van der Waals surface area contributed by atoms with Crippen LogP contribution in [0.1, 0.15) is 46.0 Å². The largest absolute Gasteiger partial charge is 0.392 e. The molecule has 2 aliphatic rings. The number of nitrogens with one attached hydrogen (secondary N) is 2. The lowest BCUT2D eigenvalue weighted by Crippen LogP contribution is -2.47. The van der Waals surface area contributed by atoms with Gasteiger partial charge in [-0.3, -0.25) is 4.79 Å². The van der Waals surface area contributed by atoms with Gasteiger partial charge in [0.2, 0.25) is 5.91 Å². The van der Waals surface area contributed by atoms with Crippen LogP contribution in [0.3, 0.4) is 0 Å². The number of hydrogen-bond acceptors (Lipinski definition) is 3. The van der Waals surface area contributed by atoms with Gasteiger partial charge in [0, 0.05) is 12.6 Å². The summed E-state index contributed by atoms with van der Waals surface area (Å²) in [6.07, 6.45) is 4.91. The summed E-state index contributed by atoms with van der Waals surface area (Å²) in [6, 6.07) is 0.137. The summed E-state index contributed by atoms with van der Waals surface area (Å²) in [5.41, 5.74) is 0. The molecule has 4 atom stereocenters. The van der Waals surface area contributed by atoms with Crippen LogP contribution in [0.25, 0.3) is 0 Å². The van der Waals surface area contributed by atoms with Crippen molar-refractivity contribution in [3.63, 3.8) is 0 Å². The minimum absolute atomic E-state index is 0.0703.